The standard InChI is InChI=1S/C14H16N2O4/c1-20-13-5-3-8-6-9(2-4-10(8)16-13)14(19)11(17)7-12(15)18/h2-6,11,14,17,19H,7H2,1H3,(H2,15,18). The number of primary amides is 1. The minimum atomic E-state index is -1.23. The third-order valence-electron chi connectivity index (χ3n) is 3.01. The number of aliphatic hydroxyl groups is 2. The Balaban J connectivity index is 2.29. The van der Waals surface area contributed by atoms with E-state index in [4.69, 9.17) is 10.5 Å². The average Bonchev–Trinajstić information content (AvgIpc) is 2.44. The Morgan fingerprint density at radius 1 is 1.35 bits per heavy atom. The van der Waals surface area contributed by atoms with Crippen molar-refractivity contribution in [1.29, 1.82) is 0 Å². The molecule has 6 nitrogen and oxygen atoms in total. The van der Waals surface area contributed by atoms with E-state index in [1.54, 1.807) is 30.3 Å². The fourth-order valence-electron chi connectivity index (χ4n) is 1.96. The first-order valence-electron chi connectivity index (χ1n) is 6.10. The third kappa shape index (κ3) is 3.04. The van der Waals surface area contributed by atoms with Crippen LogP contribution < -0.4 is 10.5 Å². The molecule has 0 aliphatic carbocycles. The fourth-order valence-corrected chi connectivity index (χ4v) is 1.96. The molecule has 1 aromatic carbocycles. The van der Waals surface area contributed by atoms with Gasteiger partial charge < -0.3 is 20.7 Å². The lowest BCUT2D eigenvalue weighted by Gasteiger charge is -2.17. The summed E-state index contributed by atoms with van der Waals surface area (Å²) in [5.41, 5.74) is 6.21. The van der Waals surface area contributed by atoms with Gasteiger partial charge >= 0.3 is 0 Å². The highest BCUT2D eigenvalue weighted by atomic mass is 16.5. The van der Waals surface area contributed by atoms with E-state index >= 15 is 0 Å². The van der Waals surface area contributed by atoms with Gasteiger partial charge in [0, 0.05) is 11.5 Å². The summed E-state index contributed by atoms with van der Waals surface area (Å²) < 4.78 is 5.03. The molecule has 0 radical (unpaired) electrons. The number of aromatic nitrogens is 1. The highest BCUT2D eigenvalue weighted by Crippen LogP contribution is 2.24. The monoisotopic (exact) mass is 276 g/mol. The molecule has 0 aliphatic heterocycles. The molecule has 2 unspecified atom stereocenters. The first kappa shape index (κ1) is 14.2. The molecule has 1 aromatic heterocycles. The van der Waals surface area contributed by atoms with Crippen molar-refractivity contribution in [2.75, 3.05) is 7.11 Å². The topological polar surface area (TPSA) is 106 Å². The van der Waals surface area contributed by atoms with Gasteiger partial charge in [-0.15, -0.1) is 0 Å². The Morgan fingerprint density at radius 3 is 2.75 bits per heavy atom. The van der Waals surface area contributed by atoms with Crippen LogP contribution in [0.25, 0.3) is 10.9 Å². The van der Waals surface area contributed by atoms with Crippen LogP contribution in [0, 0.1) is 0 Å². The number of amides is 1. The van der Waals surface area contributed by atoms with Crippen LogP contribution in [0.15, 0.2) is 30.3 Å². The van der Waals surface area contributed by atoms with Crippen LogP contribution in [0.4, 0.5) is 0 Å². The number of nitrogens with zero attached hydrogens (tertiary/aromatic N) is 1. The summed E-state index contributed by atoms with van der Waals surface area (Å²) in [5.74, 6) is -0.164. The number of hydrogen-bond donors (Lipinski definition) is 3. The number of hydrogen-bond acceptors (Lipinski definition) is 5. The third-order valence-corrected chi connectivity index (χ3v) is 3.01. The van der Waals surface area contributed by atoms with Crippen LogP contribution in [-0.4, -0.2) is 34.3 Å². The number of methoxy groups -OCH3 is 1. The van der Waals surface area contributed by atoms with Gasteiger partial charge in [-0.05, 0) is 23.8 Å². The molecule has 6 heteroatoms. The Hall–Kier alpha value is -2.18. The van der Waals surface area contributed by atoms with Gasteiger partial charge in [-0.3, -0.25) is 4.79 Å². The fraction of sp³-hybridized carbons (Fsp3) is 0.286. The Bertz CT molecular complexity index is 630. The van der Waals surface area contributed by atoms with Crippen molar-refractivity contribution < 1.29 is 19.7 Å². The van der Waals surface area contributed by atoms with Gasteiger partial charge in [-0.1, -0.05) is 6.07 Å². The summed E-state index contributed by atoms with van der Waals surface area (Å²) in [6.07, 6.45) is -2.69. The maximum absolute atomic E-state index is 10.8. The molecule has 2 rings (SSSR count). The maximum Gasteiger partial charge on any atom is 0.220 e. The van der Waals surface area contributed by atoms with Crippen molar-refractivity contribution in [3.63, 3.8) is 0 Å². The van der Waals surface area contributed by atoms with E-state index in [0.717, 1.165) is 5.39 Å². The molecular formula is C14H16N2O4. The van der Waals surface area contributed by atoms with Crippen LogP contribution in [0.1, 0.15) is 18.1 Å². The van der Waals surface area contributed by atoms with E-state index in [1.807, 2.05) is 0 Å². The molecule has 2 aromatic rings. The van der Waals surface area contributed by atoms with Crippen LogP contribution in [-0.2, 0) is 4.79 Å². The predicted octanol–water partition coefficient (Wildman–Crippen LogP) is 0.513. The second-order valence-electron chi connectivity index (χ2n) is 4.49. The van der Waals surface area contributed by atoms with Crippen molar-refractivity contribution in [2.45, 2.75) is 18.6 Å². The zero-order chi connectivity index (χ0) is 14.7. The van der Waals surface area contributed by atoms with Gasteiger partial charge in [0.25, 0.3) is 0 Å². The molecule has 106 valence electrons. The summed E-state index contributed by atoms with van der Waals surface area (Å²) in [5, 5.41) is 20.5. The number of nitrogens with two attached hydrogens (primary N) is 1. The number of ether oxygens (including phenoxy) is 1. The van der Waals surface area contributed by atoms with Crippen molar-refractivity contribution in [3.05, 3.63) is 35.9 Å². The minimum Gasteiger partial charge on any atom is -0.481 e. The van der Waals surface area contributed by atoms with Gasteiger partial charge in [-0.2, -0.15) is 0 Å². The Morgan fingerprint density at radius 2 is 2.10 bits per heavy atom. The lowest BCUT2D eigenvalue weighted by molar-refractivity contribution is -0.121. The van der Waals surface area contributed by atoms with E-state index in [2.05, 4.69) is 4.98 Å². The lowest BCUT2D eigenvalue weighted by atomic mass is 10.00. The largest absolute Gasteiger partial charge is 0.481 e. The molecule has 4 N–H and O–H groups in total. The molecule has 1 amide bonds. The van der Waals surface area contributed by atoms with E-state index in [0.29, 0.717) is 17.0 Å². The van der Waals surface area contributed by atoms with Gasteiger partial charge in [0.05, 0.1) is 25.2 Å². The molecule has 0 bridgehead atoms. The van der Waals surface area contributed by atoms with E-state index in [-0.39, 0.29) is 6.42 Å². The summed E-state index contributed by atoms with van der Waals surface area (Å²) >= 11 is 0. The van der Waals surface area contributed by atoms with Crippen LogP contribution >= 0.6 is 0 Å². The predicted molar refractivity (Wildman–Crippen MR) is 73.1 cm³/mol. The number of fused-ring (bicyclic) bond motifs is 1. The average molecular weight is 276 g/mol. The molecule has 0 spiro atoms. The maximum atomic E-state index is 10.8. The van der Waals surface area contributed by atoms with E-state index in [1.165, 1.54) is 7.11 Å². The first-order valence-corrected chi connectivity index (χ1v) is 6.10. The van der Waals surface area contributed by atoms with Gasteiger partial charge in [0.2, 0.25) is 11.8 Å². The van der Waals surface area contributed by atoms with Crippen molar-refractivity contribution in [3.8, 4) is 5.88 Å². The van der Waals surface area contributed by atoms with Crippen LogP contribution in [0.5, 0.6) is 5.88 Å². The summed E-state index contributed by atoms with van der Waals surface area (Å²) in [7, 11) is 1.53. The number of carbonyl (C=O) groups is 1. The number of carbonyl (C=O) groups excluding carboxylic acids is 1. The quantitative estimate of drug-likeness (QED) is 0.738. The van der Waals surface area contributed by atoms with Gasteiger partial charge in [-0.25, -0.2) is 4.98 Å². The van der Waals surface area contributed by atoms with Crippen molar-refractivity contribution in [1.82, 2.24) is 4.98 Å². The van der Waals surface area contributed by atoms with Crippen LogP contribution in [0.2, 0.25) is 0 Å². The van der Waals surface area contributed by atoms with Crippen LogP contribution in [0.3, 0.4) is 0 Å². The smallest absolute Gasteiger partial charge is 0.220 e. The summed E-state index contributed by atoms with van der Waals surface area (Å²) in [6, 6.07) is 8.57. The zero-order valence-electron chi connectivity index (χ0n) is 11.0. The number of aliphatic hydroxyl groups excluding tert-OH is 2. The zero-order valence-corrected chi connectivity index (χ0v) is 11.0. The Labute approximate surface area is 115 Å². The van der Waals surface area contributed by atoms with E-state index in [9.17, 15) is 15.0 Å². The second kappa shape index (κ2) is 5.85. The SMILES string of the molecule is COc1ccc2cc(C(O)C(O)CC(N)=O)ccc2n1. The normalized spacial score (nSPS) is 13.9. The van der Waals surface area contributed by atoms with Gasteiger partial charge in [0.1, 0.15) is 6.10 Å². The van der Waals surface area contributed by atoms with E-state index < -0.39 is 18.1 Å². The summed E-state index contributed by atoms with van der Waals surface area (Å²) in [6.45, 7) is 0. The molecule has 0 aliphatic rings. The molecular weight excluding hydrogens is 260 g/mol. The molecule has 0 saturated heterocycles. The molecule has 20 heavy (non-hydrogen) atoms. The number of rotatable bonds is 5. The molecule has 1 heterocycles. The molecule has 0 fully saturated rings. The summed E-state index contributed by atoms with van der Waals surface area (Å²) in [4.78, 5) is 15.0. The highest BCUT2D eigenvalue weighted by Gasteiger charge is 2.20. The Kier molecular flexibility index (Phi) is 4.16. The molecule has 2 atom stereocenters. The van der Waals surface area contributed by atoms with Crippen molar-refractivity contribution >= 4 is 16.8 Å². The number of pyridine rings is 1. The second-order valence-corrected chi connectivity index (χ2v) is 4.49. The van der Waals surface area contributed by atoms with Gasteiger partial charge in [0.15, 0.2) is 0 Å². The molecule has 0 saturated carbocycles. The highest BCUT2D eigenvalue weighted by molar-refractivity contribution is 5.80. The minimum absolute atomic E-state index is 0.292. The van der Waals surface area contributed by atoms with Crippen molar-refractivity contribution in [2.24, 2.45) is 5.73 Å². The lowest BCUT2D eigenvalue weighted by Crippen LogP contribution is -2.25. The number of benzene rings is 1. The first-order chi connectivity index (χ1) is 9.51.